The van der Waals surface area contributed by atoms with Crippen molar-refractivity contribution in [2.45, 2.75) is 26.0 Å². The van der Waals surface area contributed by atoms with Crippen LogP contribution in [0.3, 0.4) is 0 Å². The summed E-state index contributed by atoms with van der Waals surface area (Å²) in [6.45, 7) is 4.61. The lowest BCUT2D eigenvalue weighted by atomic mass is 10.3. The highest BCUT2D eigenvalue weighted by Crippen LogP contribution is 1.95. The van der Waals surface area contributed by atoms with E-state index in [1.54, 1.807) is 6.92 Å². The largest absolute Gasteiger partial charge is 0.392 e. The number of nitrogens with one attached hydrogen (secondary N) is 1. The Balaban J connectivity index is 3.12. The van der Waals surface area contributed by atoms with Crippen molar-refractivity contribution in [3.63, 3.8) is 0 Å². The van der Waals surface area contributed by atoms with Gasteiger partial charge in [-0.1, -0.05) is 0 Å². The second-order valence-corrected chi connectivity index (χ2v) is 3.52. The molecule has 2 atom stereocenters. The Morgan fingerprint density at radius 3 is 2.50 bits per heavy atom. The van der Waals surface area contributed by atoms with Gasteiger partial charge in [0.25, 0.3) is 0 Å². The molecule has 0 heterocycles. The lowest BCUT2D eigenvalue weighted by molar-refractivity contribution is 0.188. The van der Waals surface area contributed by atoms with Gasteiger partial charge in [0.2, 0.25) is 0 Å². The summed E-state index contributed by atoms with van der Waals surface area (Å²) in [5, 5.41) is 12.1. The molecule has 0 aliphatic rings. The highest BCUT2D eigenvalue weighted by atomic mass is 32.2. The zero-order chi connectivity index (χ0) is 7.98. The molecular weight excluding hydrogens is 146 g/mol. The second kappa shape index (κ2) is 6.01. The third-order valence-electron chi connectivity index (χ3n) is 1.18. The fourth-order valence-electron chi connectivity index (χ4n) is 0.681. The first-order valence-electron chi connectivity index (χ1n) is 3.57. The molecule has 0 saturated heterocycles. The molecule has 0 aromatic rings. The van der Waals surface area contributed by atoms with Crippen molar-refractivity contribution < 1.29 is 5.11 Å². The van der Waals surface area contributed by atoms with Gasteiger partial charge in [-0.2, -0.15) is 11.8 Å². The van der Waals surface area contributed by atoms with Gasteiger partial charge in [-0.05, 0) is 20.1 Å². The Morgan fingerprint density at radius 2 is 2.10 bits per heavy atom. The number of thioether (sulfide) groups is 1. The minimum Gasteiger partial charge on any atom is -0.392 e. The van der Waals surface area contributed by atoms with Gasteiger partial charge in [0.15, 0.2) is 0 Å². The molecule has 0 aromatic heterocycles. The summed E-state index contributed by atoms with van der Waals surface area (Å²) in [7, 11) is 0. The van der Waals surface area contributed by atoms with E-state index >= 15 is 0 Å². The molecular formula is C7H17NOS. The summed E-state index contributed by atoms with van der Waals surface area (Å²) in [5.41, 5.74) is 0. The van der Waals surface area contributed by atoms with Gasteiger partial charge in [-0.15, -0.1) is 0 Å². The van der Waals surface area contributed by atoms with E-state index in [2.05, 4.69) is 18.5 Å². The SMILES string of the molecule is CSCC(C)NCC(C)O. The third kappa shape index (κ3) is 6.39. The van der Waals surface area contributed by atoms with E-state index in [4.69, 9.17) is 5.11 Å². The van der Waals surface area contributed by atoms with E-state index < -0.39 is 0 Å². The number of hydrogen-bond acceptors (Lipinski definition) is 3. The van der Waals surface area contributed by atoms with Crippen LogP contribution in [0.5, 0.6) is 0 Å². The molecule has 10 heavy (non-hydrogen) atoms. The van der Waals surface area contributed by atoms with Crippen LogP contribution in [-0.2, 0) is 0 Å². The van der Waals surface area contributed by atoms with Crippen molar-refractivity contribution in [3.8, 4) is 0 Å². The van der Waals surface area contributed by atoms with Crippen molar-refractivity contribution in [2.24, 2.45) is 0 Å². The minimum absolute atomic E-state index is 0.232. The van der Waals surface area contributed by atoms with Crippen molar-refractivity contribution in [1.82, 2.24) is 5.32 Å². The van der Waals surface area contributed by atoms with Crippen LogP contribution >= 0.6 is 11.8 Å². The lowest BCUT2D eigenvalue weighted by Crippen LogP contribution is -2.33. The fourth-order valence-corrected chi connectivity index (χ4v) is 1.30. The van der Waals surface area contributed by atoms with Crippen LogP contribution in [0.2, 0.25) is 0 Å². The zero-order valence-corrected chi connectivity index (χ0v) is 7.74. The normalized spacial score (nSPS) is 16.8. The van der Waals surface area contributed by atoms with Gasteiger partial charge in [0.05, 0.1) is 6.10 Å². The number of aliphatic hydroxyl groups is 1. The first-order chi connectivity index (χ1) is 4.66. The van der Waals surface area contributed by atoms with Crippen LogP contribution in [0.1, 0.15) is 13.8 Å². The number of hydrogen-bond donors (Lipinski definition) is 2. The fraction of sp³-hybridized carbons (Fsp3) is 1.00. The van der Waals surface area contributed by atoms with E-state index in [-0.39, 0.29) is 6.10 Å². The average molecular weight is 163 g/mol. The predicted octanol–water partition coefficient (Wildman–Crippen LogP) is 0.708. The van der Waals surface area contributed by atoms with E-state index in [1.165, 1.54) is 0 Å². The van der Waals surface area contributed by atoms with Crippen LogP contribution < -0.4 is 5.32 Å². The predicted molar refractivity (Wildman–Crippen MR) is 47.5 cm³/mol. The molecule has 2 unspecified atom stereocenters. The molecule has 0 saturated carbocycles. The van der Waals surface area contributed by atoms with Crippen molar-refractivity contribution in [3.05, 3.63) is 0 Å². The second-order valence-electron chi connectivity index (χ2n) is 2.61. The Hall–Kier alpha value is 0.270. The molecule has 0 aromatic carbocycles. The Labute approximate surface area is 67.4 Å². The highest BCUT2D eigenvalue weighted by molar-refractivity contribution is 7.98. The maximum Gasteiger partial charge on any atom is 0.0636 e. The summed E-state index contributed by atoms with van der Waals surface area (Å²) >= 11 is 1.82. The third-order valence-corrected chi connectivity index (χ3v) is 2.01. The molecule has 0 aliphatic heterocycles. The van der Waals surface area contributed by atoms with Gasteiger partial charge in [0.1, 0.15) is 0 Å². The number of aliphatic hydroxyl groups excluding tert-OH is 1. The summed E-state index contributed by atoms with van der Waals surface area (Å²) in [4.78, 5) is 0. The molecule has 0 aliphatic carbocycles. The number of rotatable bonds is 5. The highest BCUT2D eigenvalue weighted by Gasteiger charge is 2.00. The quantitative estimate of drug-likeness (QED) is 0.626. The molecule has 2 nitrogen and oxygen atoms in total. The Kier molecular flexibility index (Phi) is 6.17. The zero-order valence-electron chi connectivity index (χ0n) is 6.92. The lowest BCUT2D eigenvalue weighted by Gasteiger charge is -2.13. The maximum atomic E-state index is 8.90. The van der Waals surface area contributed by atoms with Crippen molar-refractivity contribution in [1.29, 1.82) is 0 Å². The standard InChI is InChI=1S/C7H17NOS/c1-6(5-10-3)8-4-7(2)9/h6-9H,4-5H2,1-3H3. The van der Waals surface area contributed by atoms with Gasteiger partial charge >= 0.3 is 0 Å². The van der Waals surface area contributed by atoms with Crippen molar-refractivity contribution >= 4 is 11.8 Å². The minimum atomic E-state index is -0.232. The Bertz CT molecular complexity index is 78.0. The molecule has 0 spiro atoms. The monoisotopic (exact) mass is 163 g/mol. The van der Waals surface area contributed by atoms with E-state index in [0.29, 0.717) is 12.6 Å². The Morgan fingerprint density at radius 1 is 1.50 bits per heavy atom. The molecule has 0 amide bonds. The van der Waals surface area contributed by atoms with Gasteiger partial charge in [-0.25, -0.2) is 0 Å². The molecule has 0 bridgehead atoms. The molecule has 62 valence electrons. The summed E-state index contributed by atoms with van der Waals surface area (Å²) in [5.74, 6) is 1.10. The summed E-state index contributed by atoms with van der Waals surface area (Å²) in [6, 6.07) is 0.504. The first-order valence-corrected chi connectivity index (χ1v) is 4.96. The first kappa shape index (κ1) is 10.3. The molecule has 2 N–H and O–H groups in total. The molecule has 0 rings (SSSR count). The summed E-state index contributed by atoms with van der Waals surface area (Å²) in [6.07, 6.45) is 1.85. The smallest absolute Gasteiger partial charge is 0.0636 e. The van der Waals surface area contributed by atoms with Crippen LogP contribution in [-0.4, -0.2) is 35.8 Å². The van der Waals surface area contributed by atoms with Gasteiger partial charge < -0.3 is 10.4 Å². The van der Waals surface area contributed by atoms with E-state index in [9.17, 15) is 0 Å². The van der Waals surface area contributed by atoms with Crippen LogP contribution in [0.4, 0.5) is 0 Å². The van der Waals surface area contributed by atoms with Crippen LogP contribution in [0, 0.1) is 0 Å². The van der Waals surface area contributed by atoms with Gasteiger partial charge in [-0.3, -0.25) is 0 Å². The molecule has 0 fully saturated rings. The molecule has 0 radical (unpaired) electrons. The topological polar surface area (TPSA) is 32.3 Å². The van der Waals surface area contributed by atoms with Crippen LogP contribution in [0.15, 0.2) is 0 Å². The maximum absolute atomic E-state index is 8.90. The van der Waals surface area contributed by atoms with E-state index in [0.717, 1.165) is 5.75 Å². The van der Waals surface area contributed by atoms with E-state index in [1.807, 2.05) is 11.8 Å². The van der Waals surface area contributed by atoms with Gasteiger partial charge in [0, 0.05) is 18.3 Å². The summed E-state index contributed by atoms with van der Waals surface area (Å²) < 4.78 is 0. The molecule has 3 heteroatoms. The van der Waals surface area contributed by atoms with Crippen molar-refractivity contribution in [2.75, 3.05) is 18.6 Å². The van der Waals surface area contributed by atoms with Crippen LogP contribution in [0.25, 0.3) is 0 Å². The average Bonchev–Trinajstić information content (AvgIpc) is 1.85.